The van der Waals surface area contributed by atoms with E-state index in [2.05, 4.69) is 5.43 Å². The summed E-state index contributed by atoms with van der Waals surface area (Å²) in [6.07, 6.45) is 1.61. The summed E-state index contributed by atoms with van der Waals surface area (Å²) >= 11 is 18.3. The van der Waals surface area contributed by atoms with Gasteiger partial charge in [-0.25, -0.2) is 0 Å². The number of nitrogens with zero attached hydrogens (tertiary/aromatic N) is 1. The summed E-state index contributed by atoms with van der Waals surface area (Å²) in [5, 5.41) is 1.95. The van der Waals surface area contributed by atoms with E-state index < -0.39 is 11.8 Å². The van der Waals surface area contributed by atoms with Gasteiger partial charge in [-0.05, 0) is 60.3 Å². The van der Waals surface area contributed by atoms with Gasteiger partial charge in [0.15, 0.2) is 4.32 Å². The summed E-state index contributed by atoms with van der Waals surface area (Å²) in [5.74, 6) is -0.266. The number of carbonyl (C=O) groups is 2. The van der Waals surface area contributed by atoms with Crippen LogP contribution in [0, 0.1) is 0 Å². The number of thioether (sulfide) groups is 1. The van der Waals surface area contributed by atoms with Crippen molar-refractivity contribution in [1.82, 2.24) is 10.4 Å². The highest BCUT2D eigenvalue weighted by atomic mass is 35.5. The zero-order valence-electron chi connectivity index (χ0n) is 13.9. The van der Waals surface area contributed by atoms with Crippen LogP contribution in [0.2, 0.25) is 10.0 Å². The molecule has 5 nitrogen and oxygen atoms in total. The van der Waals surface area contributed by atoms with Gasteiger partial charge in [-0.1, -0.05) is 41.0 Å². The maximum atomic E-state index is 12.6. The third-order valence-electron chi connectivity index (χ3n) is 3.61. The van der Waals surface area contributed by atoms with Gasteiger partial charge in [0, 0.05) is 15.6 Å². The molecule has 0 bridgehead atoms. The maximum Gasteiger partial charge on any atom is 0.285 e. The molecule has 27 heavy (non-hydrogen) atoms. The van der Waals surface area contributed by atoms with E-state index >= 15 is 0 Å². The van der Waals surface area contributed by atoms with Crippen molar-refractivity contribution in [1.29, 1.82) is 0 Å². The minimum absolute atomic E-state index is 0.221. The first-order valence-corrected chi connectivity index (χ1v) is 9.55. The molecule has 2 amide bonds. The number of rotatable bonds is 4. The van der Waals surface area contributed by atoms with Crippen LogP contribution < -0.4 is 10.2 Å². The standard InChI is InChI=1S/C18H12Cl2N2O3S2/c1-25-13-6-3-10(4-7-13)16(23)21-22-17(24)15(27-18(22)26)8-11-2-5-12(19)9-14(11)20/h2-9H,1H3,(H,21,23). The highest BCUT2D eigenvalue weighted by Crippen LogP contribution is 2.33. The Kier molecular flexibility index (Phi) is 6.06. The van der Waals surface area contributed by atoms with Crippen molar-refractivity contribution in [3.8, 4) is 5.75 Å². The van der Waals surface area contributed by atoms with E-state index in [1.165, 1.54) is 7.11 Å². The Morgan fingerprint density at radius 3 is 2.56 bits per heavy atom. The van der Waals surface area contributed by atoms with Crippen LogP contribution >= 0.6 is 47.2 Å². The minimum atomic E-state index is -0.459. The van der Waals surface area contributed by atoms with E-state index in [-0.39, 0.29) is 4.32 Å². The van der Waals surface area contributed by atoms with E-state index in [1.54, 1.807) is 48.5 Å². The van der Waals surface area contributed by atoms with Crippen LogP contribution in [0.4, 0.5) is 0 Å². The van der Waals surface area contributed by atoms with Gasteiger partial charge in [0.2, 0.25) is 0 Å². The van der Waals surface area contributed by atoms with E-state index in [0.29, 0.717) is 31.8 Å². The molecule has 3 rings (SSSR count). The lowest BCUT2D eigenvalue weighted by Gasteiger charge is -2.15. The Labute approximate surface area is 175 Å². The number of hydrazine groups is 1. The Morgan fingerprint density at radius 1 is 1.22 bits per heavy atom. The zero-order chi connectivity index (χ0) is 19.6. The molecule has 1 aliphatic rings. The molecule has 0 radical (unpaired) electrons. The van der Waals surface area contributed by atoms with Gasteiger partial charge in [0.1, 0.15) is 5.75 Å². The topological polar surface area (TPSA) is 58.6 Å². The lowest BCUT2D eigenvalue weighted by atomic mass is 10.2. The molecule has 0 aromatic heterocycles. The second-order valence-electron chi connectivity index (χ2n) is 5.35. The number of nitrogens with one attached hydrogen (secondary N) is 1. The number of halogens is 2. The molecule has 1 fully saturated rings. The number of hydrogen-bond donors (Lipinski definition) is 1. The second kappa shape index (κ2) is 8.31. The smallest absolute Gasteiger partial charge is 0.285 e. The highest BCUT2D eigenvalue weighted by molar-refractivity contribution is 8.26. The summed E-state index contributed by atoms with van der Waals surface area (Å²) < 4.78 is 5.28. The SMILES string of the molecule is COc1ccc(C(=O)NN2C(=O)C(=Cc3ccc(Cl)cc3Cl)SC2=S)cc1. The van der Waals surface area contributed by atoms with Gasteiger partial charge >= 0.3 is 0 Å². The quantitative estimate of drug-likeness (QED) is 0.560. The molecular formula is C18H12Cl2N2O3S2. The number of ether oxygens (including phenoxy) is 1. The largest absolute Gasteiger partial charge is 0.497 e. The van der Waals surface area contributed by atoms with Crippen LogP contribution in [0.15, 0.2) is 47.4 Å². The first-order valence-electron chi connectivity index (χ1n) is 7.57. The van der Waals surface area contributed by atoms with Crippen molar-refractivity contribution in [3.63, 3.8) is 0 Å². The lowest BCUT2D eigenvalue weighted by molar-refractivity contribution is -0.123. The summed E-state index contributed by atoms with van der Waals surface area (Å²) in [7, 11) is 1.54. The molecule has 1 saturated heterocycles. The van der Waals surface area contributed by atoms with Crippen molar-refractivity contribution < 1.29 is 14.3 Å². The summed E-state index contributed by atoms with van der Waals surface area (Å²) in [5.41, 5.74) is 3.52. The maximum absolute atomic E-state index is 12.6. The van der Waals surface area contributed by atoms with Gasteiger partial charge in [-0.2, -0.15) is 5.01 Å². The monoisotopic (exact) mass is 438 g/mol. The first kappa shape index (κ1) is 19.7. The van der Waals surface area contributed by atoms with E-state index in [0.717, 1.165) is 16.8 Å². The fourth-order valence-corrected chi connectivity index (χ4v) is 3.87. The van der Waals surface area contributed by atoms with Gasteiger partial charge < -0.3 is 4.74 Å². The minimum Gasteiger partial charge on any atom is -0.497 e. The van der Waals surface area contributed by atoms with Crippen LogP contribution in [-0.2, 0) is 4.79 Å². The second-order valence-corrected chi connectivity index (χ2v) is 7.87. The van der Waals surface area contributed by atoms with Crippen LogP contribution in [0.5, 0.6) is 5.75 Å². The molecule has 1 heterocycles. The molecule has 0 unspecified atom stereocenters. The molecule has 1 N–H and O–H groups in total. The fourth-order valence-electron chi connectivity index (χ4n) is 2.23. The number of hydrogen-bond acceptors (Lipinski definition) is 5. The Morgan fingerprint density at radius 2 is 1.93 bits per heavy atom. The third-order valence-corrected chi connectivity index (χ3v) is 5.47. The predicted octanol–water partition coefficient (Wildman–Crippen LogP) is 4.55. The van der Waals surface area contributed by atoms with Crippen LogP contribution in [0.25, 0.3) is 6.08 Å². The van der Waals surface area contributed by atoms with Crippen molar-refractivity contribution in [2.45, 2.75) is 0 Å². The molecule has 1 aliphatic heterocycles. The number of thiocarbonyl (C=S) groups is 1. The van der Waals surface area contributed by atoms with Crippen molar-refractivity contribution in [2.75, 3.05) is 7.11 Å². The average molecular weight is 439 g/mol. The summed E-state index contributed by atoms with van der Waals surface area (Å²) in [6.45, 7) is 0. The third kappa shape index (κ3) is 4.44. The summed E-state index contributed by atoms with van der Waals surface area (Å²) in [4.78, 5) is 25.3. The molecule has 0 spiro atoms. The normalized spacial score (nSPS) is 15.4. The fraction of sp³-hybridized carbons (Fsp3) is 0.0556. The van der Waals surface area contributed by atoms with E-state index in [1.807, 2.05) is 0 Å². The van der Waals surface area contributed by atoms with Gasteiger partial charge in [0.05, 0.1) is 12.0 Å². The summed E-state index contributed by atoms with van der Waals surface area (Å²) in [6, 6.07) is 11.5. The number of benzene rings is 2. The number of amides is 2. The molecule has 0 saturated carbocycles. The Hall–Kier alpha value is -2.06. The average Bonchev–Trinajstić information content (AvgIpc) is 2.91. The van der Waals surface area contributed by atoms with Crippen LogP contribution in [0.1, 0.15) is 15.9 Å². The van der Waals surface area contributed by atoms with Crippen molar-refractivity contribution in [2.24, 2.45) is 0 Å². The first-order chi connectivity index (χ1) is 12.9. The zero-order valence-corrected chi connectivity index (χ0v) is 17.0. The Balaban J connectivity index is 1.77. The molecule has 9 heteroatoms. The molecular weight excluding hydrogens is 427 g/mol. The molecule has 2 aromatic rings. The highest BCUT2D eigenvalue weighted by Gasteiger charge is 2.33. The molecule has 0 atom stereocenters. The van der Waals surface area contributed by atoms with Gasteiger partial charge in [-0.15, -0.1) is 0 Å². The lowest BCUT2D eigenvalue weighted by Crippen LogP contribution is -2.44. The van der Waals surface area contributed by atoms with Gasteiger partial charge in [0.25, 0.3) is 11.8 Å². The predicted molar refractivity (Wildman–Crippen MR) is 112 cm³/mol. The Bertz CT molecular complexity index is 962. The van der Waals surface area contributed by atoms with E-state index in [4.69, 9.17) is 40.2 Å². The van der Waals surface area contributed by atoms with Crippen LogP contribution in [0.3, 0.4) is 0 Å². The number of carbonyl (C=O) groups excluding carboxylic acids is 2. The molecule has 0 aliphatic carbocycles. The van der Waals surface area contributed by atoms with Crippen molar-refractivity contribution in [3.05, 3.63) is 68.5 Å². The molecule has 138 valence electrons. The van der Waals surface area contributed by atoms with Crippen molar-refractivity contribution >= 4 is 69.4 Å². The van der Waals surface area contributed by atoms with E-state index in [9.17, 15) is 9.59 Å². The van der Waals surface area contributed by atoms with Crippen LogP contribution in [-0.4, -0.2) is 28.3 Å². The van der Waals surface area contributed by atoms with Gasteiger partial charge in [-0.3, -0.25) is 15.0 Å². The molecule has 2 aromatic carbocycles. The number of methoxy groups -OCH3 is 1.